The molecule has 3 rings (SSSR count). The maximum atomic E-state index is 13.1. The summed E-state index contributed by atoms with van der Waals surface area (Å²) in [6, 6.07) is 7.10. The molecule has 0 saturated heterocycles. The fraction of sp³-hybridized carbons (Fsp3) is 0.211. The van der Waals surface area contributed by atoms with Gasteiger partial charge in [-0.2, -0.15) is 0 Å². The average Bonchev–Trinajstić information content (AvgIpc) is 3.15. The molecule has 0 saturated carbocycles. The van der Waals surface area contributed by atoms with Crippen LogP contribution < -0.4 is 10.1 Å². The number of halogens is 2. The zero-order valence-corrected chi connectivity index (χ0v) is 16.8. The molecule has 0 aliphatic rings. The molecule has 0 aliphatic carbocycles. The van der Waals surface area contributed by atoms with Crippen LogP contribution in [0.3, 0.4) is 0 Å². The number of aryl methyl sites for hydroxylation is 1. The fourth-order valence-corrected chi connectivity index (χ4v) is 3.37. The minimum atomic E-state index is -0.352. The van der Waals surface area contributed by atoms with Gasteiger partial charge in [-0.3, -0.25) is 14.3 Å². The van der Waals surface area contributed by atoms with E-state index in [0.29, 0.717) is 25.1 Å². The van der Waals surface area contributed by atoms with E-state index in [-0.39, 0.29) is 11.7 Å². The number of hydrogen-bond donors (Lipinski definition) is 1. The molecule has 1 aromatic carbocycles. The van der Waals surface area contributed by atoms with E-state index in [1.54, 1.807) is 24.2 Å². The third-order valence-corrected chi connectivity index (χ3v) is 4.82. The van der Waals surface area contributed by atoms with E-state index >= 15 is 0 Å². The van der Waals surface area contributed by atoms with Crippen molar-refractivity contribution in [1.29, 1.82) is 0 Å². The predicted octanol–water partition coefficient (Wildman–Crippen LogP) is 3.38. The smallest absolute Gasteiger partial charge is 0.269 e. The molecule has 3 aromatic rings. The highest BCUT2D eigenvalue weighted by Gasteiger charge is 2.13. The van der Waals surface area contributed by atoms with Crippen molar-refractivity contribution in [2.75, 3.05) is 13.7 Å². The Labute approximate surface area is 169 Å². The minimum absolute atomic E-state index is 0.212. The van der Waals surface area contributed by atoms with Gasteiger partial charge in [0.05, 0.1) is 29.4 Å². The Morgan fingerprint density at radius 1 is 1.26 bits per heavy atom. The van der Waals surface area contributed by atoms with Crippen molar-refractivity contribution >= 4 is 28.5 Å². The number of ether oxygens (including phenoxy) is 1. The summed E-state index contributed by atoms with van der Waals surface area (Å²) in [4.78, 5) is 20.4. The third-order valence-electron chi connectivity index (χ3n) is 3.97. The van der Waals surface area contributed by atoms with Crippen molar-refractivity contribution in [2.45, 2.75) is 12.8 Å². The van der Waals surface area contributed by atoms with E-state index in [2.05, 4.69) is 37.9 Å². The molecule has 1 amide bonds. The van der Waals surface area contributed by atoms with Crippen molar-refractivity contribution in [3.8, 4) is 11.4 Å². The van der Waals surface area contributed by atoms with E-state index in [1.165, 1.54) is 18.5 Å². The van der Waals surface area contributed by atoms with Gasteiger partial charge in [0.15, 0.2) is 0 Å². The first-order chi connectivity index (χ1) is 13.1. The van der Waals surface area contributed by atoms with Gasteiger partial charge in [-0.15, -0.1) is 0 Å². The largest absolute Gasteiger partial charge is 0.496 e. The summed E-state index contributed by atoms with van der Waals surface area (Å²) in [6.45, 7) is 0.473. The first kappa shape index (κ1) is 19.3. The van der Waals surface area contributed by atoms with Crippen LogP contribution >= 0.6 is 22.6 Å². The monoisotopic (exact) mass is 480 g/mol. The first-order valence-corrected chi connectivity index (χ1v) is 9.40. The summed E-state index contributed by atoms with van der Waals surface area (Å²) >= 11 is 2.18. The lowest BCUT2D eigenvalue weighted by atomic mass is 10.1. The topological polar surface area (TPSA) is 69.0 Å². The van der Waals surface area contributed by atoms with Gasteiger partial charge in [-0.25, -0.2) is 9.37 Å². The number of carbonyl (C=O) groups excluding carboxylic acids is 1. The van der Waals surface area contributed by atoms with Crippen molar-refractivity contribution in [3.05, 3.63) is 69.8 Å². The molecule has 27 heavy (non-hydrogen) atoms. The van der Waals surface area contributed by atoms with E-state index < -0.39 is 0 Å². The minimum Gasteiger partial charge on any atom is -0.496 e. The second kappa shape index (κ2) is 8.94. The molecular weight excluding hydrogens is 462 g/mol. The number of nitrogens with zero attached hydrogens (tertiary/aromatic N) is 3. The van der Waals surface area contributed by atoms with E-state index in [9.17, 15) is 9.18 Å². The van der Waals surface area contributed by atoms with Crippen LogP contribution in [0.15, 0.2) is 49.2 Å². The SMILES string of the molecule is COc1ccc(-n2cncc2C(=O)NCCCc2cncc(F)c2)cc1I. The first-order valence-electron chi connectivity index (χ1n) is 8.32. The number of hydrogen-bond acceptors (Lipinski definition) is 4. The molecule has 140 valence electrons. The van der Waals surface area contributed by atoms with Crippen molar-refractivity contribution in [2.24, 2.45) is 0 Å². The van der Waals surface area contributed by atoms with Crippen molar-refractivity contribution in [3.63, 3.8) is 0 Å². The molecular formula is C19H18FIN4O2. The fourth-order valence-electron chi connectivity index (χ4n) is 2.65. The lowest BCUT2D eigenvalue weighted by molar-refractivity contribution is 0.0946. The van der Waals surface area contributed by atoms with Gasteiger partial charge in [0.25, 0.3) is 5.91 Å². The lowest BCUT2D eigenvalue weighted by Crippen LogP contribution is -2.26. The van der Waals surface area contributed by atoms with E-state index in [4.69, 9.17) is 4.74 Å². The van der Waals surface area contributed by atoms with Crippen LogP contribution in [-0.2, 0) is 6.42 Å². The summed E-state index contributed by atoms with van der Waals surface area (Å²) in [5.41, 5.74) is 2.08. The third kappa shape index (κ3) is 4.82. The highest BCUT2D eigenvalue weighted by atomic mass is 127. The molecule has 0 spiro atoms. The quantitative estimate of drug-likeness (QED) is 0.416. The normalized spacial score (nSPS) is 10.6. The van der Waals surface area contributed by atoms with Gasteiger partial charge in [-0.1, -0.05) is 0 Å². The molecule has 0 bridgehead atoms. The highest BCUT2D eigenvalue weighted by Crippen LogP contribution is 2.24. The summed E-state index contributed by atoms with van der Waals surface area (Å²) in [5, 5.41) is 2.88. The van der Waals surface area contributed by atoms with Crippen LogP contribution in [0.4, 0.5) is 4.39 Å². The number of imidazole rings is 1. The Balaban J connectivity index is 1.61. The van der Waals surface area contributed by atoms with Gasteiger partial charge in [-0.05, 0) is 65.3 Å². The predicted molar refractivity (Wildman–Crippen MR) is 108 cm³/mol. The van der Waals surface area contributed by atoms with Crippen LogP contribution in [0.25, 0.3) is 5.69 Å². The summed E-state index contributed by atoms with van der Waals surface area (Å²) in [7, 11) is 1.62. The average molecular weight is 480 g/mol. The summed E-state index contributed by atoms with van der Waals surface area (Å²) in [6.07, 6.45) is 7.26. The number of carbonyl (C=O) groups is 1. The van der Waals surface area contributed by atoms with Gasteiger partial charge in [0, 0.05) is 18.4 Å². The van der Waals surface area contributed by atoms with E-state index in [0.717, 1.165) is 20.6 Å². The second-order valence-electron chi connectivity index (χ2n) is 5.84. The van der Waals surface area contributed by atoms with Gasteiger partial charge in [0.2, 0.25) is 0 Å². The van der Waals surface area contributed by atoms with Crippen LogP contribution in [0.1, 0.15) is 22.5 Å². The molecule has 2 heterocycles. The number of methoxy groups -OCH3 is 1. The van der Waals surface area contributed by atoms with Crippen molar-refractivity contribution < 1.29 is 13.9 Å². The lowest BCUT2D eigenvalue weighted by Gasteiger charge is -2.11. The Morgan fingerprint density at radius 3 is 2.85 bits per heavy atom. The molecule has 0 radical (unpaired) electrons. The summed E-state index contributed by atoms with van der Waals surface area (Å²) < 4.78 is 21.1. The number of rotatable bonds is 7. The molecule has 0 fully saturated rings. The second-order valence-corrected chi connectivity index (χ2v) is 7.00. The maximum Gasteiger partial charge on any atom is 0.269 e. The Kier molecular flexibility index (Phi) is 6.38. The molecule has 8 heteroatoms. The van der Waals surface area contributed by atoms with Gasteiger partial charge < -0.3 is 10.1 Å². The van der Waals surface area contributed by atoms with Gasteiger partial charge >= 0.3 is 0 Å². The Morgan fingerprint density at radius 2 is 2.11 bits per heavy atom. The zero-order chi connectivity index (χ0) is 19.2. The number of nitrogens with one attached hydrogen (secondary N) is 1. The molecule has 2 aromatic heterocycles. The Bertz CT molecular complexity index is 945. The number of benzene rings is 1. The molecule has 0 unspecified atom stereocenters. The zero-order valence-electron chi connectivity index (χ0n) is 14.7. The molecule has 0 atom stereocenters. The number of pyridine rings is 1. The maximum absolute atomic E-state index is 13.1. The van der Waals surface area contributed by atoms with Crippen LogP contribution in [0, 0.1) is 9.39 Å². The highest BCUT2D eigenvalue weighted by molar-refractivity contribution is 14.1. The van der Waals surface area contributed by atoms with Crippen molar-refractivity contribution in [1.82, 2.24) is 19.9 Å². The van der Waals surface area contributed by atoms with E-state index in [1.807, 2.05) is 18.2 Å². The molecule has 6 nitrogen and oxygen atoms in total. The molecule has 0 aliphatic heterocycles. The number of aromatic nitrogens is 3. The van der Waals surface area contributed by atoms with Crippen LogP contribution in [-0.4, -0.2) is 34.1 Å². The van der Waals surface area contributed by atoms with Gasteiger partial charge in [0.1, 0.15) is 17.3 Å². The van der Waals surface area contributed by atoms with Crippen LogP contribution in [0.2, 0.25) is 0 Å². The Hall–Kier alpha value is -2.49. The summed E-state index contributed by atoms with van der Waals surface area (Å²) in [5.74, 6) is 0.211. The standard InChI is InChI=1S/C19H18FIN4O2/c1-27-18-5-4-15(8-16(18)21)25-12-23-11-17(25)19(26)24-6-2-3-13-7-14(20)10-22-9-13/h4-5,7-12H,2-3,6H2,1H3,(H,24,26). The number of amides is 1. The molecule has 1 N–H and O–H groups in total. The van der Waals surface area contributed by atoms with Crippen LogP contribution in [0.5, 0.6) is 5.75 Å².